The van der Waals surface area contributed by atoms with Crippen LogP contribution in [0.4, 0.5) is 0 Å². The minimum absolute atomic E-state index is 0.0651. The minimum Gasteiger partial charge on any atom is -0.469 e. The van der Waals surface area contributed by atoms with E-state index in [1.807, 2.05) is 18.2 Å². The van der Waals surface area contributed by atoms with Crippen molar-refractivity contribution in [1.29, 1.82) is 0 Å². The third-order valence-electron chi connectivity index (χ3n) is 3.57. The van der Waals surface area contributed by atoms with Gasteiger partial charge in [-0.05, 0) is 25.0 Å². The van der Waals surface area contributed by atoms with E-state index in [0.717, 1.165) is 19.4 Å². The summed E-state index contributed by atoms with van der Waals surface area (Å²) in [6.45, 7) is 1.61. The van der Waals surface area contributed by atoms with Crippen LogP contribution < -0.4 is 0 Å². The Bertz CT molecular complexity index is 468. The zero-order chi connectivity index (χ0) is 15.1. The van der Waals surface area contributed by atoms with E-state index in [1.54, 1.807) is 17.0 Å². The molecule has 21 heavy (non-hydrogen) atoms. The summed E-state index contributed by atoms with van der Waals surface area (Å²) in [5, 5.41) is 0. The summed E-state index contributed by atoms with van der Waals surface area (Å²) in [5.41, 5.74) is 0.625. The Balaban J connectivity index is 2.02. The number of ether oxygens (including phenoxy) is 2. The number of amides is 1. The van der Waals surface area contributed by atoms with Crippen molar-refractivity contribution in [2.75, 3.05) is 26.8 Å². The van der Waals surface area contributed by atoms with Crippen LogP contribution in [0.3, 0.4) is 0 Å². The lowest BCUT2D eigenvalue weighted by Crippen LogP contribution is -2.38. The Morgan fingerprint density at radius 1 is 1.33 bits per heavy atom. The van der Waals surface area contributed by atoms with E-state index in [9.17, 15) is 9.59 Å². The van der Waals surface area contributed by atoms with E-state index in [4.69, 9.17) is 4.74 Å². The van der Waals surface area contributed by atoms with E-state index in [0.29, 0.717) is 18.7 Å². The van der Waals surface area contributed by atoms with Gasteiger partial charge < -0.3 is 14.4 Å². The molecule has 5 nitrogen and oxygen atoms in total. The van der Waals surface area contributed by atoms with Crippen LogP contribution in [-0.2, 0) is 14.3 Å². The van der Waals surface area contributed by atoms with Gasteiger partial charge in [0.25, 0.3) is 5.91 Å². The van der Waals surface area contributed by atoms with E-state index < -0.39 is 0 Å². The molecular formula is C16H21NO4. The first-order valence-corrected chi connectivity index (χ1v) is 7.23. The summed E-state index contributed by atoms with van der Waals surface area (Å²) in [5.74, 6) is -0.386. The van der Waals surface area contributed by atoms with E-state index in [2.05, 4.69) is 4.74 Å². The lowest BCUT2D eigenvalue weighted by molar-refractivity contribution is -0.140. The highest BCUT2D eigenvalue weighted by atomic mass is 16.5. The molecule has 2 rings (SSSR count). The van der Waals surface area contributed by atoms with Crippen molar-refractivity contribution in [3.05, 3.63) is 35.9 Å². The Kier molecular flexibility index (Phi) is 5.75. The molecule has 5 heteroatoms. The molecule has 1 heterocycles. The number of hydrogen-bond donors (Lipinski definition) is 0. The zero-order valence-corrected chi connectivity index (χ0v) is 12.3. The normalized spacial score (nSPS) is 17.5. The highest BCUT2D eigenvalue weighted by molar-refractivity contribution is 5.94. The van der Waals surface area contributed by atoms with Crippen molar-refractivity contribution in [3.8, 4) is 0 Å². The smallest absolute Gasteiger partial charge is 0.307 e. The fourth-order valence-electron chi connectivity index (χ4n) is 2.40. The highest BCUT2D eigenvalue weighted by Crippen LogP contribution is 2.15. The summed E-state index contributed by atoms with van der Waals surface area (Å²) < 4.78 is 10.2. The summed E-state index contributed by atoms with van der Waals surface area (Å²) in [6.07, 6.45) is 2.24. The van der Waals surface area contributed by atoms with Gasteiger partial charge >= 0.3 is 5.97 Å². The maximum absolute atomic E-state index is 12.6. The van der Waals surface area contributed by atoms with Crippen LogP contribution >= 0.6 is 0 Å². The molecule has 114 valence electrons. The molecule has 1 unspecified atom stereocenters. The van der Waals surface area contributed by atoms with Gasteiger partial charge in [-0.15, -0.1) is 0 Å². The number of nitrogens with zero attached hydrogens (tertiary/aromatic N) is 1. The molecule has 0 bridgehead atoms. The molecule has 0 aliphatic carbocycles. The molecule has 0 radical (unpaired) electrons. The predicted molar refractivity (Wildman–Crippen MR) is 78.0 cm³/mol. The highest BCUT2D eigenvalue weighted by Gasteiger charge is 2.23. The second-order valence-electron chi connectivity index (χ2n) is 5.08. The van der Waals surface area contributed by atoms with Gasteiger partial charge in [0.1, 0.15) is 0 Å². The Labute approximate surface area is 124 Å². The topological polar surface area (TPSA) is 55.8 Å². The van der Waals surface area contributed by atoms with Crippen molar-refractivity contribution < 1.29 is 19.1 Å². The third-order valence-corrected chi connectivity index (χ3v) is 3.57. The van der Waals surface area contributed by atoms with Crippen LogP contribution in [0.15, 0.2) is 30.3 Å². The number of carbonyl (C=O) groups excluding carboxylic acids is 2. The van der Waals surface area contributed by atoms with Gasteiger partial charge in [0.15, 0.2) is 0 Å². The number of esters is 1. The molecule has 1 aromatic carbocycles. The maximum atomic E-state index is 12.6. The van der Waals surface area contributed by atoms with Crippen LogP contribution in [0.25, 0.3) is 0 Å². The van der Waals surface area contributed by atoms with Gasteiger partial charge in [0.2, 0.25) is 0 Å². The summed E-state index contributed by atoms with van der Waals surface area (Å²) >= 11 is 0. The standard InChI is InChI=1S/C16H21NO4/c1-20-15(18)9-10-17(12-14-8-5-11-21-14)16(19)13-6-3-2-4-7-13/h2-4,6-7,14H,5,8-12H2,1H3. The quantitative estimate of drug-likeness (QED) is 0.751. The Morgan fingerprint density at radius 2 is 2.10 bits per heavy atom. The van der Waals surface area contributed by atoms with Crippen molar-refractivity contribution in [1.82, 2.24) is 4.90 Å². The summed E-state index contributed by atoms with van der Waals surface area (Å²) in [6, 6.07) is 9.09. The van der Waals surface area contributed by atoms with Crippen LogP contribution in [0.2, 0.25) is 0 Å². The Morgan fingerprint density at radius 3 is 2.71 bits per heavy atom. The van der Waals surface area contributed by atoms with E-state index in [1.165, 1.54) is 7.11 Å². The molecule has 1 amide bonds. The molecule has 1 aromatic rings. The molecule has 0 spiro atoms. The first-order chi connectivity index (χ1) is 10.2. The van der Waals surface area contributed by atoms with Gasteiger partial charge in [-0.1, -0.05) is 18.2 Å². The molecule has 0 N–H and O–H groups in total. The van der Waals surface area contributed by atoms with Gasteiger partial charge in [-0.2, -0.15) is 0 Å². The lowest BCUT2D eigenvalue weighted by Gasteiger charge is -2.25. The minimum atomic E-state index is -0.312. The number of methoxy groups -OCH3 is 1. The van der Waals surface area contributed by atoms with Crippen LogP contribution in [0.5, 0.6) is 0 Å². The number of rotatable bonds is 6. The molecule has 0 aromatic heterocycles. The number of hydrogen-bond acceptors (Lipinski definition) is 4. The third kappa shape index (κ3) is 4.56. The van der Waals surface area contributed by atoms with Gasteiger partial charge in [0.05, 0.1) is 19.6 Å². The fourth-order valence-corrected chi connectivity index (χ4v) is 2.40. The molecule has 1 fully saturated rings. The second-order valence-corrected chi connectivity index (χ2v) is 5.08. The van der Waals surface area contributed by atoms with Gasteiger partial charge in [-0.25, -0.2) is 0 Å². The monoisotopic (exact) mass is 291 g/mol. The maximum Gasteiger partial charge on any atom is 0.307 e. The van der Waals surface area contributed by atoms with Crippen molar-refractivity contribution in [2.45, 2.75) is 25.4 Å². The molecule has 1 aliphatic rings. The first kappa shape index (κ1) is 15.5. The predicted octanol–water partition coefficient (Wildman–Crippen LogP) is 1.87. The molecule has 1 aliphatic heterocycles. The van der Waals surface area contributed by atoms with Crippen LogP contribution in [0, 0.1) is 0 Å². The van der Waals surface area contributed by atoms with E-state index in [-0.39, 0.29) is 24.4 Å². The largest absolute Gasteiger partial charge is 0.469 e. The Hall–Kier alpha value is -1.88. The molecule has 1 saturated heterocycles. The van der Waals surface area contributed by atoms with Crippen molar-refractivity contribution in [3.63, 3.8) is 0 Å². The lowest BCUT2D eigenvalue weighted by atomic mass is 10.1. The number of carbonyl (C=O) groups is 2. The average molecular weight is 291 g/mol. The summed E-state index contributed by atoms with van der Waals surface area (Å²) in [7, 11) is 1.35. The van der Waals surface area contributed by atoms with Crippen molar-refractivity contribution in [2.24, 2.45) is 0 Å². The average Bonchev–Trinajstić information content (AvgIpc) is 3.04. The van der Waals surface area contributed by atoms with Gasteiger partial charge in [-0.3, -0.25) is 9.59 Å². The first-order valence-electron chi connectivity index (χ1n) is 7.23. The van der Waals surface area contributed by atoms with Crippen LogP contribution in [0.1, 0.15) is 29.6 Å². The van der Waals surface area contributed by atoms with Gasteiger partial charge in [0, 0.05) is 25.3 Å². The SMILES string of the molecule is COC(=O)CCN(CC1CCCO1)C(=O)c1ccccc1. The molecule has 0 saturated carbocycles. The zero-order valence-electron chi connectivity index (χ0n) is 12.3. The number of benzene rings is 1. The molecule has 1 atom stereocenters. The van der Waals surface area contributed by atoms with E-state index >= 15 is 0 Å². The second kappa shape index (κ2) is 7.78. The summed E-state index contributed by atoms with van der Waals surface area (Å²) in [4.78, 5) is 25.6. The van der Waals surface area contributed by atoms with Crippen LogP contribution in [-0.4, -0.2) is 49.7 Å². The molecular weight excluding hydrogens is 270 g/mol. The fraction of sp³-hybridized carbons (Fsp3) is 0.500. The van der Waals surface area contributed by atoms with Crippen molar-refractivity contribution >= 4 is 11.9 Å².